The lowest BCUT2D eigenvalue weighted by molar-refractivity contribution is 0.0696. The van der Waals surface area contributed by atoms with E-state index in [0.29, 0.717) is 24.7 Å². The standard InChI is InChI=1S/C23H23N7O2/c1-2-3-12-30(22-20(23(31)32)13-24-15-25-22)14-16-8-10-17(11-9-16)18-6-4-5-7-19(18)21-26-28-29-27-21/h4-11,13,15H,2-3,12,14H2,1H3,(H,31,32)(H,26,27,28,29). The summed E-state index contributed by atoms with van der Waals surface area (Å²) >= 11 is 0. The molecule has 0 radical (unpaired) electrons. The van der Waals surface area contributed by atoms with E-state index in [2.05, 4.69) is 37.5 Å². The van der Waals surface area contributed by atoms with E-state index in [1.54, 1.807) is 0 Å². The molecule has 0 aliphatic heterocycles. The maximum atomic E-state index is 11.7. The second-order valence-electron chi connectivity index (χ2n) is 7.32. The Morgan fingerprint density at radius 1 is 1.09 bits per heavy atom. The first-order chi connectivity index (χ1) is 15.7. The van der Waals surface area contributed by atoms with Crippen molar-refractivity contribution in [1.29, 1.82) is 0 Å². The molecule has 2 N–H and O–H groups in total. The fourth-order valence-electron chi connectivity index (χ4n) is 3.55. The number of carboxylic acid groups (broad SMARTS) is 1. The van der Waals surface area contributed by atoms with E-state index < -0.39 is 5.97 Å². The van der Waals surface area contributed by atoms with E-state index in [1.165, 1.54) is 12.5 Å². The Morgan fingerprint density at radius 2 is 1.88 bits per heavy atom. The molecule has 0 saturated heterocycles. The number of aromatic carboxylic acids is 1. The van der Waals surface area contributed by atoms with Crippen molar-refractivity contribution in [3.63, 3.8) is 0 Å². The van der Waals surface area contributed by atoms with Crippen molar-refractivity contribution < 1.29 is 9.90 Å². The van der Waals surface area contributed by atoms with Crippen LogP contribution >= 0.6 is 0 Å². The van der Waals surface area contributed by atoms with Crippen LogP contribution in [-0.2, 0) is 6.54 Å². The van der Waals surface area contributed by atoms with Gasteiger partial charge in [0.2, 0.25) is 5.82 Å². The van der Waals surface area contributed by atoms with E-state index in [-0.39, 0.29) is 5.56 Å². The maximum Gasteiger partial charge on any atom is 0.341 e. The third-order valence-electron chi connectivity index (χ3n) is 5.15. The number of benzene rings is 2. The van der Waals surface area contributed by atoms with Crippen molar-refractivity contribution in [3.05, 3.63) is 72.2 Å². The maximum absolute atomic E-state index is 11.7. The van der Waals surface area contributed by atoms with Crippen molar-refractivity contribution in [1.82, 2.24) is 30.6 Å². The van der Waals surface area contributed by atoms with Gasteiger partial charge in [-0.1, -0.05) is 61.9 Å². The van der Waals surface area contributed by atoms with Gasteiger partial charge in [-0.25, -0.2) is 14.8 Å². The number of aromatic amines is 1. The summed E-state index contributed by atoms with van der Waals surface area (Å²) in [6.45, 7) is 3.35. The molecule has 0 aliphatic carbocycles. The summed E-state index contributed by atoms with van der Waals surface area (Å²) in [4.78, 5) is 21.8. The highest BCUT2D eigenvalue weighted by Crippen LogP contribution is 2.30. The molecule has 162 valence electrons. The van der Waals surface area contributed by atoms with Crippen LogP contribution in [0.15, 0.2) is 61.1 Å². The summed E-state index contributed by atoms with van der Waals surface area (Å²) < 4.78 is 0. The average molecular weight is 429 g/mol. The topological polar surface area (TPSA) is 121 Å². The lowest BCUT2D eigenvalue weighted by atomic mass is 9.98. The predicted molar refractivity (Wildman–Crippen MR) is 120 cm³/mol. The Labute approximate surface area is 185 Å². The minimum absolute atomic E-state index is 0.106. The number of anilines is 1. The van der Waals surface area contributed by atoms with Crippen molar-refractivity contribution in [2.45, 2.75) is 26.3 Å². The highest BCUT2D eigenvalue weighted by Gasteiger charge is 2.18. The summed E-state index contributed by atoms with van der Waals surface area (Å²) in [6, 6.07) is 16.1. The zero-order valence-electron chi connectivity index (χ0n) is 17.6. The molecule has 0 amide bonds. The molecule has 0 bridgehead atoms. The third kappa shape index (κ3) is 4.61. The summed E-state index contributed by atoms with van der Waals surface area (Å²) in [5.74, 6) is -0.0524. The van der Waals surface area contributed by atoms with Crippen LogP contribution in [0.2, 0.25) is 0 Å². The zero-order chi connectivity index (χ0) is 22.3. The molecule has 4 aromatic rings. The number of rotatable bonds is 9. The van der Waals surface area contributed by atoms with Gasteiger partial charge in [0, 0.05) is 24.8 Å². The number of nitrogens with one attached hydrogen (secondary N) is 1. The van der Waals surface area contributed by atoms with Gasteiger partial charge in [-0.15, -0.1) is 10.2 Å². The SMILES string of the molecule is CCCCN(Cc1ccc(-c2ccccc2-c2nn[nH]n2)cc1)c1ncncc1C(=O)O. The van der Waals surface area contributed by atoms with Crippen molar-refractivity contribution in [3.8, 4) is 22.5 Å². The number of hydrogen-bond donors (Lipinski definition) is 2. The lowest BCUT2D eigenvalue weighted by Crippen LogP contribution is -2.27. The van der Waals surface area contributed by atoms with Gasteiger partial charge in [-0.05, 0) is 28.3 Å². The van der Waals surface area contributed by atoms with Crippen molar-refractivity contribution in [2.75, 3.05) is 11.4 Å². The van der Waals surface area contributed by atoms with Crippen LogP contribution < -0.4 is 4.90 Å². The molecule has 9 nitrogen and oxygen atoms in total. The number of aromatic nitrogens is 6. The quantitative estimate of drug-likeness (QED) is 0.412. The van der Waals surface area contributed by atoms with Crippen LogP contribution in [-0.4, -0.2) is 48.2 Å². The van der Waals surface area contributed by atoms with E-state index in [0.717, 1.165) is 35.1 Å². The minimum Gasteiger partial charge on any atom is -0.477 e. The third-order valence-corrected chi connectivity index (χ3v) is 5.15. The molecule has 0 fully saturated rings. The molecule has 2 aromatic heterocycles. The van der Waals surface area contributed by atoms with Gasteiger partial charge in [0.1, 0.15) is 17.7 Å². The van der Waals surface area contributed by atoms with Gasteiger partial charge in [0.25, 0.3) is 0 Å². The van der Waals surface area contributed by atoms with Crippen LogP contribution in [0.1, 0.15) is 35.7 Å². The van der Waals surface area contributed by atoms with Crippen LogP contribution in [0, 0.1) is 0 Å². The molecule has 0 aliphatic rings. The molecule has 0 atom stereocenters. The van der Waals surface area contributed by atoms with Gasteiger partial charge >= 0.3 is 5.97 Å². The Hall–Kier alpha value is -4.14. The van der Waals surface area contributed by atoms with Crippen molar-refractivity contribution in [2.24, 2.45) is 0 Å². The molecule has 2 aromatic carbocycles. The van der Waals surface area contributed by atoms with Gasteiger partial charge in [0.05, 0.1) is 0 Å². The summed E-state index contributed by atoms with van der Waals surface area (Å²) in [5.41, 5.74) is 4.09. The van der Waals surface area contributed by atoms with Gasteiger partial charge in [0.15, 0.2) is 0 Å². The Balaban J connectivity index is 1.61. The molecule has 0 saturated carbocycles. The molecule has 2 heterocycles. The zero-order valence-corrected chi connectivity index (χ0v) is 17.6. The Kier molecular flexibility index (Phi) is 6.45. The van der Waals surface area contributed by atoms with E-state index in [4.69, 9.17) is 0 Å². The van der Waals surface area contributed by atoms with Gasteiger partial charge in [-0.2, -0.15) is 5.21 Å². The number of H-pyrrole nitrogens is 1. The smallest absolute Gasteiger partial charge is 0.341 e. The fourth-order valence-corrected chi connectivity index (χ4v) is 3.55. The Bertz CT molecular complexity index is 1180. The average Bonchev–Trinajstić information content (AvgIpc) is 3.37. The molecule has 0 spiro atoms. The number of unbranched alkanes of at least 4 members (excludes halogenated alkanes) is 1. The van der Waals surface area contributed by atoms with E-state index in [1.807, 2.05) is 53.4 Å². The molecule has 0 unspecified atom stereocenters. The minimum atomic E-state index is -1.03. The molecule has 4 rings (SSSR count). The molecule has 32 heavy (non-hydrogen) atoms. The summed E-state index contributed by atoms with van der Waals surface area (Å²) in [6.07, 6.45) is 4.66. The number of hydrogen-bond acceptors (Lipinski definition) is 7. The first-order valence-corrected chi connectivity index (χ1v) is 10.4. The number of carboxylic acids is 1. The highest BCUT2D eigenvalue weighted by atomic mass is 16.4. The second kappa shape index (κ2) is 9.78. The largest absolute Gasteiger partial charge is 0.477 e. The second-order valence-corrected chi connectivity index (χ2v) is 7.32. The molecular weight excluding hydrogens is 406 g/mol. The van der Waals surface area contributed by atoms with Crippen LogP contribution in [0.3, 0.4) is 0 Å². The first kappa shape index (κ1) is 21.1. The van der Waals surface area contributed by atoms with E-state index in [9.17, 15) is 9.90 Å². The lowest BCUT2D eigenvalue weighted by Gasteiger charge is -2.25. The van der Waals surface area contributed by atoms with Gasteiger partial charge < -0.3 is 10.0 Å². The normalized spacial score (nSPS) is 10.8. The number of nitrogens with zero attached hydrogens (tertiary/aromatic N) is 6. The monoisotopic (exact) mass is 429 g/mol. The van der Waals surface area contributed by atoms with Crippen LogP contribution in [0.5, 0.6) is 0 Å². The fraction of sp³-hybridized carbons (Fsp3) is 0.217. The Morgan fingerprint density at radius 3 is 2.56 bits per heavy atom. The summed E-state index contributed by atoms with van der Waals surface area (Å²) in [5, 5.41) is 23.9. The first-order valence-electron chi connectivity index (χ1n) is 10.4. The van der Waals surface area contributed by atoms with E-state index >= 15 is 0 Å². The van der Waals surface area contributed by atoms with Crippen LogP contribution in [0.4, 0.5) is 5.82 Å². The molecular formula is C23H23N7O2. The van der Waals surface area contributed by atoms with Crippen LogP contribution in [0.25, 0.3) is 22.5 Å². The van der Waals surface area contributed by atoms with Gasteiger partial charge in [-0.3, -0.25) is 0 Å². The molecule has 9 heteroatoms. The predicted octanol–water partition coefficient (Wildman–Crippen LogP) is 3.83. The summed E-state index contributed by atoms with van der Waals surface area (Å²) in [7, 11) is 0. The highest BCUT2D eigenvalue weighted by molar-refractivity contribution is 5.92. The number of carbonyl (C=O) groups is 1. The van der Waals surface area contributed by atoms with Crippen molar-refractivity contribution >= 4 is 11.8 Å². The number of tetrazole rings is 1.